The second-order valence-corrected chi connectivity index (χ2v) is 7.01. The monoisotopic (exact) mass is 222 g/mol. The lowest BCUT2D eigenvalue weighted by molar-refractivity contribution is 0.0490. The van der Waals surface area contributed by atoms with E-state index in [1.807, 2.05) is 0 Å². The summed E-state index contributed by atoms with van der Waals surface area (Å²) < 4.78 is 0. The van der Waals surface area contributed by atoms with Gasteiger partial charge in [-0.1, -0.05) is 53.7 Å². The third-order valence-corrected chi connectivity index (χ3v) is 4.81. The van der Waals surface area contributed by atoms with Gasteiger partial charge in [-0.05, 0) is 48.3 Å². The first-order chi connectivity index (χ1) is 7.26. The van der Waals surface area contributed by atoms with Crippen molar-refractivity contribution in [2.75, 3.05) is 0 Å². The average molecular weight is 222 g/mol. The van der Waals surface area contributed by atoms with Crippen LogP contribution in [0, 0.1) is 29.1 Å². The standard InChI is InChI=1S/C16H30/c1-11(2)10-13(4)15-12(3)8-9-14(5)16(15,6)7/h11-12,14-15H,4,8-10H2,1-3,5-7H3. The van der Waals surface area contributed by atoms with Gasteiger partial charge in [-0.2, -0.15) is 0 Å². The predicted octanol–water partition coefficient (Wildman–Crippen LogP) is 5.30. The third-order valence-electron chi connectivity index (χ3n) is 4.81. The van der Waals surface area contributed by atoms with Crippen LogP contribution in [0.15, 0.2) is 12.2 Å². The average Bonchev–Trinajstić information content (AvgIpc) is 2.10. The quantitative estimate of drug-likeness (QED) is 0.569. The minimum Gasteiger partial charge on any atom is -0.0995 e. The van der Waals surface area contributed by atoms with Crippen molar-refractivity contribution in [1.29, 1.82) is 0 Å². The molecule has 3 unspecified atom stereocenters. The van der Waals surface area contributed by atoms with Crippen molar-refractivity contribution in [2.24, 2.45) is 29.1 Å². The Labute approximate surface area is 103 Å². The lowest BCUT2D eigenvalue weighted by Crippen LogP contribution is -2.40. The smallest absolute Gasteiger partial charge is 0.0126 e. The van der Waals surface area contributed by atoms with E-state index in [0.717, 1.165) is 23.7 Å². The molecule has 0 heterocycles. The first-order valence-electron chi connectivity index (χ1n) is 6.94. The van der Waals surface area contributed by atoms with E-state index in [1.54, 1.807) is 0 Å². The van der Waals surface area contributed by atoms with Gasteiger partial charge in [0, 0.05) is 0 Å². The Morgan fingerprint density at radius 2 is 1.81 bits per heavy atom. The van der Waals surface area contributed by atoms with Gasteiger partial charge >= 0.3 is 0 Å². The summed E-state index contributed by atoms with van der Waals surface area (Å²) in [6, 6.07) is 0. The maximum Gasteiger partial charge on any atom is -0.0126 e. The van der Waals surface area contributed by atoms with Gasteiger partial charge in [-0.25, -0.2) is 0 Å². The van der Waals surface area contributed by atoms with E-state index in [4.69, 9.17) is 0 Å². The normalized spacial score (nSPS) is 34.1. The van der Waals surface area contributed by atoms with Crippen molar-refractivity contribution in [3.63, 3.8) is 0 Å². The zero-order valence-corrected chi connectivity index (χ0v) is 12.1. The highest BCUT2D eigenvalue weighted by atomic mass is 14.5. The summed E-state index contributed by atoms with van der Waals surface area (Å²) in [6.07, 6.45) is 3.97. The van der Waals surface area contributed by atoms with E-state index in [1.165, 1.54) is 24.8 Å². The Morgan fingerprint density at radius 1 is 1.25 bits per heavy atom. The van der Waals surface area contributed by atoms with Gasteiger partial charge in [-0.15, -0.1) is 0 Å². The molecular formula is C16H30. The summed E-state index contributed by atoms with van der Waals surface area (Å²) in [4.78, 5) is 0. The highest BCUT2D eigenvalue weighted by Gasteiger charge is 2.42. The van der Waals surface area contributed by atoms with Crippen LogP contribution in [-0.2, 0) is 0 Å². The van der Waals surface area contributed by atoms with Crippen molar-refractivity contribution >= 4 is 0 Å². The summed E-state index contributed by atoms with van der Waals surface area (Å²) >= 11 is 0. The zero-order chi connectivity index (χ0) is 12.5. The molecule has 1 aliphatic rings. The van der Waals surface area contributed by atoms with Crippen LogP contribution in [0.2, 0.25) is 0 Å². The lowest BCUT2D eigenvalue weighted by atomic mass is 9.56. The molecule has 0 saturated heterocycles. The van der Waals surface area contributed by atoms with Gasteiger partial charge < -0.3 is 0 Å². The minimum absolute atomic E-state index is 0.434. The Kier molecular flexibility index (Phi) is 4.26. The largest absolute Gasteiger partial charge is 0.0995 e. The topological polar surface area (TPSA) is 0 Å². The molecule has 0 aromatic rings. The van der Waals surface area contributed by atoms with Gasteiger partial charge in [0.25, 0.3) is 0 Å². The maximum absolute atomic E-state index is 4.40. The molecular weight excluding hydrogens is 192 g/mol. The lowest BCUT2D eigenvalue weighted by Gasteiger charge is -2.48. The molecule has 0 amide bonds. The summed E-state index contributed by atoms with van der Waals surface area (Å²) in [7, 11) is 0. The van der Waals surface area contributed by atoms with Crippen LogP contribution in [0.4, 0.5) is 0 Å². The second kappa shape index (κ2) is 4.94. The molecule has 0 nitrogen and oxygen atoms in total. The van der Waals surface area contributed by atoms with E-state index in [-0.39, 0.29) is 0 Å². The van der Waals surface area contributed by atoms with E-state index >= 15 is 0 Å². The summed E-state index contributed by atoms with van der Waals surface area (Å²) in [5.41, 5.74) is 1.93. The fraction of sp³-hybridized carbons (Fsp3) is 0.875. The first-order valence-corrected chi connectivity index (χ1v) is 6.94. The molecule has 0 N–H and O–H groups in total. The number of hydrogen-bond donors (Lipinski definition) is 0. The van der Waals surface area contributed by atoms with Crippen molar-refractivity contribution in [3.8, 4) is 0 Å². The van der Waals surface area contributed by atoms with E-state index in [0.29, 0.717) is 5.41 Å². The highest BCUT2D eigenvalue weighted by molar-refractivity contribution is 5.10. The SMILES string of the molecule is C=C(CC(C)C)C1C(C)CCC(C)C1(C)C. The van der Waals surface area contributed by atoms with Crippen molar-refractivity contribution in [3.05, 3.63) is 12.2 Å². The molecule has 0 aliphatic heterocycles. The second-order valence-electron chi connectivity index (χ2n) is 7.01. The fourth-order valence-electron chi connectivity index (χ4n) is 3.67. The van der Waals surface area contributed by atoms with Crippen LogP contribution in [0.3, 0.4) is 0 Å². The van der Waals surface area contributed by atoms with Crippen LogP contribution >= 0.6 is 0 Å². The maximum atomic E-state index is 4.40. The number of allylic oxidation sites excluding steroid dienone is 1. The van der Waals surface area contributed by atoms with Gasteiger partial charge in [-0.3, -0.25) is 0 Å². The van der Waals surface area contributed by atoms with Crippen molar-refractivity contribution < 1.29 is 0 Å². The summed E-state index contributed by atoms with van der Waals surface area (Å²) in [5, 5.41) is 0. The van der Waals surface area contributed by atoms with Crippen molar-refractivity contribution in [2.45, 2.75) is 60.8 Å². The van der Waals surface area contributed by atoms with E-state index < -0.39 is 0 Å². The number of hydrogen-bond acceptors (Lipinski definition) is 0. The van der Waals surface area contributed by atoms with Gasteiger partial charge in [0.05, 0.1) is 0 Å². The third kappa shape index (κ3) is 2.70. The molecule has 0 spiro atoms. The molecule has 0 aromatic carbocycles. The van der Waals surface area contributed by atoms with Crippen LogP contribution in [0.25, 0.3) is 0 Å². The molecule has 0 aromatic heterocycles. The predicted molar refractivity (Wildman–Crippen MR) is 73.4 cm³/mol. The van der Waals surface area contributed by atoms with Crippen LogP contribution in [0.5, 0.6) is 0 Å². The van der Waals surface area contributed by atoms with Crippen molar-refractivity contribution in [1.82, 2.24) is 0 Å². The van der Waals surface area contributed by atoms with E-state index in [9.17, 15) is 0 Å². The van der Waals surface area contributed by atoms with Gasteiger partial charge in [0.2, 0.25) is 0 Å². The molecule has 94 valence electrons. The molecule has 0 heteroatoms. The fourth-order valence-corrected chi connectivity index (χ4v) is 3.67. The van der Waals surface area contributed by atoms with Crippen LogP contribution in [-0.4, -0.2) is 0 Å². The first kappa shape index (κ1) is 13.8. The van der Waals surface area contributed by atoms with E-state index in [2.05, 4.69) is 48.1 Å². The number of rotatable bonds is 3. The van der Waals surface area contributed by atoms with Gasteiger partial charge in [0.15, 0.2) is 0 Å². The highest BCUT2D eigenvalue weighted by Crippen LogP contribution is 2.51. The summed E-state index contributed by atoms with van der Waals surface area (Å²) in [6.45, 7) is 18.7. The zero-order valence-electron chi connectivity index (χ0n) is 12.1. The Morgan fingerprint density at radius 3 is 2.31 bits per heavy atom. The molecule has 3 atom stereocenters. The molecule has 1 saturated carbocycles. The van der Waals surface area contributed by atoms with Crippen LogP contribution in [0.1, 0.15) is 60.8 Å². The molecule has 1 aliphatic carbocycles. The molecule has 0 radical (unpaired) electrons. The molecule has 1 rings (SSSR count). The van der Waals surface area contributed by atoms with Crippen LogP contribution < -0.4 is 0 Å². The molecule has 0 bridgehead atoms. The molecule has 1 fully saturated rings. The Balaban J connectivity index is 2.84. The Bertz CT molecular complexity index is 247. The molecule has 16 heavy (non-hydrogen) atoms. The Hall–Kier alpha value is -0.260. The minimum atomic E-state index is 0.434. The van der Waals surface area contributed by atoms with Gasteiger partial charge in [0.1, 0.15) is 0 Å². The summed E-state index contributed by atoms with van der Waals surface area (Å²) in [5.74, 6) is 3.11.